The van der Waals surface area contributed by atoms with Gasteiger partial charge in [-0.3, -0.25) is 4.79 Å². The van der Waals surface area contributed by atoms with Crippen LogP contribution >= 0.6 is 0 Å². The van der Waals surface area contributed by atoms with Crippen molar-refractivity contribution >= 4 is 23.6 Å². The molecule has 0 saturated carbocycles. The second-order valence-electron chi connectivity index (χ2n) is 7.08. The van der Waals surface area contributed by atoms with Crippen molar-refractivity contribution in [3.8, 4) is 0 Å². The highest BCUT2D eigenvalue weighted by Gasteiger charge is 2.09. The molecule has 30 heavy (non-hydrogen) atoms. The van der Waals surface area contributed by atoms with E-state index in [1.165, 1.54) is 38.8 Å². The summed E-state index contributed by atoms with van der Waals surface area (Å²) in [7, 11) is 0. The van der Waals surface area contributed by atoms with Crippen molar-refractivity contribution in [1.82, 2.24) is 0 Å². The number of benzene rings is 1. The van der Waals surface area contributed by atoms with Crippen molar-refractivity contribution in [3.05, 3.63) is 29.8 Å². The molecule has 1 aromatic rings. The summed E-state index contributed by atoms with van der Waals surface area (Å²) < 4.78 is 5.33. The van der Waals surface area contributed by atoms with Crippen LogP contribution in [-0.4, -0.2) is 49.3 Å². The molecule has 8 nitrogen and oxygen atoms in total. The first-order valence-electron chi connectivity index (χ1n) is 10.6. The molecule has 0 heterocycles. The third-order valence-corrected chi connectivity index (χ3v) is 4.36. The highest BCUT2D eigenvalue weighted by molar-refractivity contribution is 5.89. The van der Waals surface area contributed by atoms with Gasteiger partial charge in [-0.15, -0.1) is 0 Å². The van der Waals surface area contributed by atoms with Crippen LogP contribution in [0.5, 0.6) is 0 Å². The largest absolute Gasteiger partial charge is 0.550 e. The van der Waals surface area contributed by atoms with E-state index in [2.05, 4.69) is 13.8 Å². The van der Waals surface area contributed by atoms with Crippen molar-refractivity contribution in [2.24, 2.45) is 0 Å². The van der Waals surface area contributed by atoms with Gasteiger partial charge in [-0.25, -0.2) is 4.79 Å². The molecule has 0 atom stereocenters. The molecular weight excluding hydrogens is 388 g/mol. The molecule has 0 amide bonds. The third-order valence-electron chi connectivity index (χ3n) is 4.36. The zero-order chi connectivity index (χ0) is 22.8. The van der Waals surface area contributed by atoms with E-state index in [1.807, 2.05) is 0 Å². The van der Waals surface area contributed by atoms with E-state index in [4.69, 9.17) is 15.6 Å². The van der Waals surface area contributed by atoms with E-state index < -0.39 is 18.4 Å². The van der Waals surface area contributed by atoms with Gasteiger partial charge in [0.1, 0.15) is 0 Å². The summed E-state index contributed by atoms with van der Waals surface area (Å²) >= 11 is 0. The van der Waals surface area contributed by atoms with Crippen LogP contribution in [0.25, 0.3) is 0 Å². The van der Waals surface area contributed by atoms with Crippen LogP contribution in [0.4, 0.5) is 5.69 Å². The zero-order valence-corrected chi connectivity index (χ0v) is 18.2. The Balaban J connectivity index is 0.000000890. The van der Waals surface area contributed by atoms with Gasteiger partial charge in [0.25, 0.3) is 0 Å². The fourth-order valence-electron chi connectivity index (χ4n) is 2.63. The zero-order valence-electron chi connectivity index (χ0n) is 18.2. The topological polar surface area (TPSA) is 134 Å². The van der Waals surface area contributed by atoms with Gasteiger partial charge in [-0.2, -0.15) is 0 Å². The first kappa shape index (κ1) is 27.4. The number of anilines is 1. The predicted octanol–water partition coefficient (Wildman–Crippen LogP) is 0.902. The molecule has 1 aromatic carbocycles. The first-order valence-corrected chi connectivity index (χ1v) is 10.6. The molecule has 0 bridgehead atoms. The Morgan fingerprint density at radius 1 is 0.967 bits per heavy atom. The van der Waals surface area contributed by atoms with Gasteiger partial charge in [0, 0.05) is 18.1 Å². The Bertz CT molecular complexity index is 597. The number of nitrogens with one attached hydrogen (secondary N) is 1. The van der Waals surface area contributed by atoms with Crippen molar-refractivity contribution in [2.75, 3.05) is 32.0 Å². The molecule has 0 fully saturated rings. The number of quaternary nitrogens is 1. The number of nitrogens with two attached hydrogens (primary N) is 1. The summed E-state index contributed by atoms with van der Waals surface area (Å²) in [6.07, 6.45) is 5.17. The molecule has 0 aliphatic heterocycles. The maximum absolute atomic E-state index is 11.9. The lowest BCUT2D eigenvalue weighted by atomic mass is 10.2. The lowest BCUT2D eigenvalue weighted by Gasteiger charge is -2.19. The van der Waals surface area contributed by atoms with Gasteiger partial charge in [0.2, 0.25) is 0 Å². The minimum Gasteiger partial charge on any atom is -0.550 e. The van der Waals surface area contributed by atoms with Crippen molar-refractivity contribution in [1.29, 1.82) is 0 Å². The van der Waals surface area contributed by atoms with E-state index in [1.54, 1.807) is 29.2 Å². The molecule has 4 N–H and O–H groups in total. The van der Waals surface area contributed by atoms with E-state index in [-0.39, 0.29) is 12.4 Å². The Morgan fingerprint density at radius 2 is 1.50 bits per heavy atom. The number of rotatable bonds is 14. The van der Waals surface area contributed by atoms with E-state index >= 15 is 0 Å². The summed E-state index contributed by atoms with van der Waals surface area (Å²) in [6, 6.07) is 6.85. The average molecular weight is 425 g/mol. The minimum atomic E-state index is -1.33. The first-order chi connectivity index (χ1) is 14.3. The number of carbonyl (C=O) groups excluding carboxylic acids is 2. The fraction of sp³-hybridized carbons (Fsp3) is 0.591. The summed E-state index contributed by atoms with van der Waals surface area (Å²) in [4.78, 5) is 32.6. The van der Waals surface area contributed by atoms with Crippen LogP contribution in [0.15, 0.2) is 24.3 Å². The van der Waals surface area contributed by atoms with Crippen molar-refractivity contribution < 1.29 is 34.2 Å². The molecular formula is C22H36N2O6. The van der Waals surface area contributed by atoms with Gasteiger partial charge < -0.3 is 30.4 Å². The van der Waals surface area contributed by atoms with E-state index in [9.17, 15) is 19.5 Å². The normalized spacial score (nSPS) is 10.2. The number of carboxylic acid groups (broad SMARTS) is 2. The molecule has 0 aliphatic rings. The highest BCUT2D eigenvalue weighted by atomic mass is 16.5. The van der Waals surface area contributed by atoms with Crippen molar-refractivity contribution in [3.63, 3.8) is 0 Å². The number of esters is 1. The number of ether oxygens (including phenoxy) is 1. The van der Waals surface area contributed by atoms with Gasteiger partial charge in [0.15, 0.2) is 0 Å². The Morgan fingerprint density at radius 3 is 1.93 bits per heavy atom. The van der Waals surface area contributed by atoms with Crippen LogP contribution in [-0.2, 0) is 14.3 Å². The Kier molecular flexibility index (Phi) is 15.8. The number of hydrogen-bond donors (Lipinski definition) is 3. The lowest BCUT2D eigenvalue weighted by molar-refractivity contribution is -0.900. The van der Waals surface area contributed by atoms with Gasteiger partial charge >= 0.3 is 11.9 Å². The Hall–Kier alpha value is -2.61. The number of carbonyl (C=O) groups is 3. The monoisotopic (exact) mass is 424 g/mol. The standard InChI is InChI=1S/C18H30N2O2.C4H6O4/c1-3-5-12-20(13-6-4-2)14-7-15-22-18(21)16-8-10-17(19)11-9-16;5-3(6)1-2-4(7)8/h8-11H,3-7,12-15,19H2,1-2H3;1-2H2,(H,5,6)(H,7,8). The Labute approximate surface area is 179 Å². The molecule has 1 rings (SSSR count). The third kappa shape index (κ3) is 15.3. The smallest absolute Gasteiger partial charge is 0.338 e. The molecule has 0 radical (unpaired) electrons. The minimum absolute atomic E-state index is 0.260. The molecule has 8 heteroatoms. The average Bonchev–Trinajstić information content (AvgIpc) is 2.71. The van der Waals surface area contributed by atoms with E-state index in [0.717, 1.165) is 13.0 Å². The number of hydrogen-bond acceptors (Lipinski definition) is 6. The molecule has 0 spiro atoms. The molecule has 0 saturated heterocycles. The van der Waals surface area contributed by atoms with Crippen LogP contribution in [0.1, 0.15) is 69.2 Å². The molecule has 0 aromatic heterocycles. The second kappa shape index (κ2) is 17.3. The predicted molar refractivity (Wildman–Crippen MR) is 113 cm³/mol. The molecule has 0 aliphatic carbocycles. The SMILES string of the molecule is CCCC[NH+](CCCC)CCCOC(=O)c1ccc(N)cc1.O=C([O-])CCC(=O)O. The number of carboxylic acids is 2. The van der Waals surface area contributed by atoms with Gasteiger partial charge in [-0.05, 0) is 43.5 Å². The quantitative estimate of drug-likeness (QED) is 0.229. The number of unbranched alkanes of at least 4 members (excludes halogenated alkanes) is 2. The highest BCUT2D eigenvalue weighted by Crippen LogP contribution is 2.06. The van der Waals surface area contributed by atoms with Gasteiger partial charge in [0.05, 0.1) is 38.2 Å². The summed E-state index contributed by atoms with van der Waals surface area (Å²) in [5.41, 5.74) is 6.83. The van der Waals surface area contributed by atoms with Crippen LogP contribution in [0.2, 0.25) is 0 Å². The van der Waals surface area contributed by atoms with Crippen LogP contribution < -0.4 is 15.7 Å². The number of nitrogen functional groups attached to an aromatic ring is 1. The van der Waals surface area contributed by atoms with E-state index in [0.29, 0.717) is 17.9 Å². The molecule has 0 unspecified atom stereocenters. The van der Waals surface area contributed by atoms with Crippen LogP contribution in [0.3, 0.4) is 0 Å². The maximum Gasteiger partial charge on any atom is 0.338 e. The fourth-order valence-corrected chi connectivity index (χ4v) is 2.63. The van der Waals surface area contributed by atoms with Gasteiger partial charge in [-0.1, -0.05) is 26.7 Å². The summed E-state index contributed by atoms with van der Waals surface area (Å²) in [5.74, 6) is -2.70. The lowest BCUT2D eigenvalue weighted by Crippen LogP contribution is -3.12. The summed E-state index contributed by atoms with van der Waals surface area (Å²) in [6.45, 7) is 8.47. The maximum atomic E-state index is 11.9. The number of aliphatic carboxylic acids is 2. The molecule has 170 valence electrons. The van der Waals surface area contributed by atoms with Crippen molar-refractivity contribution in [2.45, 2.75) is 58.8 Å². The summed E-state index contributed by atoms with van der Waals surface area (Å²) in [5, 5.41) is 17.4. The van der Waals surface area contributed by atoms with Crippen LogP contribution in [0, 0.1) is 0 Å². The second-order valence-corrected chi connectivity index (χ2v) is 7.08.